The quantitative estimate of drug-likeness (QED) is 0.726. The Kier molecular flexibility index (Phi) is 4.05. The molecule has 0 bridgehead atoms. The Morgan fingerprint density at radius 3 is 2.57 bits per heavy atom. The van der Waals surface area contributed by atoms with Crippen molar-refractivity contribution in [2.45, 2.75) is 19.8 Å². The molecule has 0 spiro atoms. The van der Waals surface area contributed by atoms with E-state index < -0.39 is 0 Å². The zero-order chi connectivity index (χ0) is 10.4. The summed E-state index contributed by atoms with van der Waals surface area (Å²) in [6.07, 6.45) is 1.75. The van der Waals surface area contributed by atoms with Crippen molar-refractivity contribution in [3.63, 3.8) is 0 Å². The zero-order valence-corrected chi connectivity index (χ0v) is 8.62. The minimum atomic E-state index is 0.694. The first-order valence-electron chi connectivity index (χ1n) is 4.81. The molecule has 0 unspecified atom stereocenters. The van der Waals surface area contributed by atoms with Crippen LogP contribution in [0.4, 0.5) is 0 Å². The van der Waals surface area contributed by atoms with Gasteiger partial charge in [0.25, 0.3) is 0 Å². The van der Waals surface area contributed by atoms with Gasteiger partial charge in [0.2, 0.25) is 0 Å². The fraction of sp³-hybridized carbons (Fsp3) is 0.333. The van der Waals surface area contributed by atoms with Crippen molar-refractivity contribution >= 4 is 0 Å². The molecule has 2 heteroatoms. The second kappa shape index (κ2) is 5.32. The first-order valence-corrected chi connectivity index (χ1v) is 4.81. The van der Waals surface area contributed by atoms with Crippen LogP contribution in [0.25, 0.3) is 0 Å². The average Bonchev–Trinajstić information content (AvgIpc) is 2.15. The molecule has 14 heavy (non-hydrogen) atoms. The monoisotopic (exact) mass is 191 g/mol. The van der Waals surface area contributed by atoms with Crippen molar-refractivity contribution in [2.24, 2.45) is 5.73 Å². The third-order valence-electron chi connectivity index (χ3n) is 1.93. The molecule has 1 aromatic rings. The first-order chi connectivity index (χ1) is 6.68. The molecule has 1 rings (SSSR count). The molecule has 2 N–H and O–H groups in total. The molecule has 0 heterocycles. The average molecular weight is 191 g/mol. The summed E-state index contributed by atoms with van der Waals surface area (Å²) in [5.74, 6) is 0.915. The molecule has 2 nitrogen and oxygen atoms in total. The second-order valence-corrected chi connectivity index (χ2v) is 3.42. The van der Waals surface area contributed by atoms with Crippen LogP contribution < -0.4 is 10.5 Å². The Balaban J connectivity index is 2.25. The molecule has 0 aliphatic carbocycles. The number of nitrogens with two attached hydrogens (primary N) is 1. The molecule has 0 amide bonds. The Bertz CT molecular complexity index is 290. The molecule has 0 aliphatic rings. The molecule has 0 radical (unpaired) electrons. The molecular formula is C12H17NO. The van der Waals surface area contributed by atoms with Crippen LogP contribution in [-0.4, -0.2) is 6.61 Å². The number of aryl methyl sites for hydroxylation is 1. The maximum absolute atomic E-state index is 5.51. The fourth-order valence-corrected chi connectivity index (χ4v) is 1.12. The Morgan fingerprint density at radius 1 is 1.36 bits per heavy atom. The lowest BCUT2D eigenvalue weighted by molar-refractivity contribution is 0.310. The predicted octanol–water partition coefficient (Wildman–Crippen LogP) is 2.63. The summed E-state index contributed by atoms with van der Waals surface area (Å²) in [7, 11) is 0. The van der Waals surface area contributed by atoms with E-state index in [2.05, 4.69) is 13.5 Å². The van der Waals surface area contributed by atoms with Crippen molar-refractivity contribution in [1.29, 1.82) is 0 Å². The van der Waals surface area contributed by atoms with E-state index in [4.69, 9.17) is 10.5 Å². The smallest absolute Gasteiger partial charge is 0.119 e. The highest BCUT2D eigenvalue weighted by Crippen LogP contribution is 2.11. The lowest BCUT2D eigenvalue weighted by Crippen LogP contribution is -2.01. The SMILES string of the molecule is C=C(N)CCCOc1ccc(C)cc1. The molecular weight excluding hydrogens is 174 g/mol. The number of hydrogen-bond donors (Lipinski definition) is 1. The number of ether oxygens (including phenoxy) is 1. The van der Waals surface area contributed by atoms with Gasteiger partial charge in [-0.3, -0.25) is 0 Å². The van der Waals surface area contributed by atoms with Gasteiger partial charge in [-0.1, -0.05) is 24.3 Å². The summed E-state index contributed by atoms with van der Waals surface area (Å²) >= 11 is 0. The first kappa shape index (κ1) is 10.6. The molecule has 0 aromatic heterocycles. The summed E-state index contributed by atoms with van der Waals surface area (Å²) in [4.78, 5) is 0. The minimum Gasteiger partial charge on any atom is -0.494 e. The van der Waals surface area contributed by atoms with E-state index in [0.29, 0.717) is 6.61 Å². The largest absolute Gasteiger partial charge is 0.494 e. The second-order valence-electron chi connectivity index (χ2n) is 3.42. The van der Waals surface area contributed by atoms with Crippen LogP contribution in [0.15, 0.2) is 36.5 Å². The molecule has 76 valence electrons. The minimum absolute atomic E-state index is 0.694. The van der Waals surface area contributed by atoms with E-state index >= 15 is 0 Å². The zero-order valence-electron chi connectivity index (χ0n) is 8.62. The van der Waals surface area contributed by atoms with Gasteiger partial charge in [-0.15, -0.1) is 0 Å². The summed E-state index contributed by atoms with van der Waals surface area (Å²) in [5, 5.41) is 0. The third kappa shape index (κ3) is 3.99. The fourth-order valence-electron chi connectivity index (χ4n) is 1.12. The van der Waals surface area contributed by atoms with Gasteiger partial charge in [-0.25, -0.2) is 0 Å². The number of benzene rings is 1. The van der Waals surface area contributed by atoms with Gasteiger partial charge in [0, 0.05) is 5.70 Å². The summed E-state index contributed by atoms with van der Waals surface area (Å²) in [5.41, 5.74) is 7.40. The normalized spacial score (nSPS) is 9.79. The number of rotatable bonds is 5. The van der Waals surface area contributed by atoms with E-state index in [-0.39, 0.29) is 0 Å². The highest BCUT2D eigenvalue weighted by molar-refractivity contribution is 5.26. The van der Waals surface area contributed by atoms with Crippen LogP contribution in [0.3, 0.4) is 0 Å². The van der Waals surface area contributed by atoms with Gasteiger partial charge in [0.15, 0.2) is 0 Å². The van der Waals surface area contributed by atoms with Crippen LogP contribution in [0.1, 0.15) is 18.4 Å². The predicted molar refractivity (Wildman–Crippen MR) is 59.2 cm³/mol. The van der Waals surface area contributed by atoms with E-state index in [0.717, 1.165) is 24.3 Å². The van der Waals surface area contributed by atoms with Gasteiger partial charge in [0.1, 0.15) is 5.75 Å². The van der Waals surface area contributed by atoms with E-state index in [1.54, 1.807) is 0 Å². The Hall–Kier alpha value is -1.44. The number of allylic oxidation sites excluding steroid dienone is 1. The topological polar surface area (TPSA) is 35.2 Å². The van der Waals surface area contributed by atoms with Crippen LogP contribution in [-0.2, 0) is 0 Å². The molecule has 0 fully saturated rings. The van der Waals surface area contributed by atoms with Gasteiger partial charge in [-0.2, -0.15) is 0 Å². The third-order valence-corrected chi connectivity index (χ3v) is 1.93. The molecule has 0 saturated carbocycles. The summed E-state index contributed by atoms with van der Waals surface area (Å²) in [6.45, 7) is 6.38. The van der Waals surface area contributed by atoms with Crippen LogP contribution in [0.5, 0.6) is 5.75 Å². The molecule has 0 saturated heterocycles. The molecule has 1 aromatic carbocycles. The van der Waals surface area contributed by atoms with Crippen LogP contribution >= 0.6 is 0 Å². The Morgan fingerprint density at radius 2 is 2.00 bits per heavy atom. The summed E-state index contributed by atoms with van der Waals surface area (Å²) < 4.78 is 5.51. The maximum Gasteiger partial charge on any atom is 0.119 e. The van der Waals surface area contributed by atoms with Crippen molar-refractivity contribution < 1.29 is 4.74 Å². The molecule has 0 atom stereocenters. The van der Waals surface area contributed by atoms with Gasteiger partial charge in [-0.05, 0) is 31.9 Å². The summed E-state index contributed by atoms with van der Waals surface area (Å²) in [6, 6.07) is 8.04. The lowest BCUT2D eigenvalue weighted by atomic mass is 10.2. The highest BCUT2D eigenvalue weighted by Gasteiger charge is 1.93. The van der Waals surface area contributed by atoms with Gasteiger partial charge in [0.05, 0.1) is 6.61 Å². The molecule has 0 aliphatic heterocycles. The highest BCUT2D eigenvalue weighted by atomic mass is 16.5. The van der Waals surface area contributed by atoms with Gasteiger partial charge >= 0.3 is 0 Å². The maximum atomic E-state index is 5.51. The van der Waals surface area contributed by atoms with Gasteiger partial charge < -0.3 is 10.5 Å². The Labute approximate surface area is 85.4 Å². The van der Waals surface area contributed by atoms with Crippen LogP contribution in [0.2, 0.25) is 0 Å². The van der Waals surface area contributed by atoms with E-state index in [1.807, 2.05) is 24.3 Å². The standard InChI is InChI=1S/C12H17NO/c1-10-5-7-12(8-6-10)14-9-3-4-11(2)13/h5-8H,2-4,9,13H2,1H3. The van der Waals surface area contributed by atoms with E-state index in [1.165, 1.54) is 5.56 Å². The van der Waals surface area contributed by atoms with Crippen molar-refractivity contribution in [3.05, 3.63) is 42.1 Å². The van der Waals surface area contributed by atoms with Crippen LogP contribution in [0, 0.1) is 6.92 Å². The number of hydrogen-bond acceptors (Lipinski definition) is 2. The van der Waals surface area contributed by atoms with E-state index in [9.17, 15) is 0 Å². The van der Waals surface area contributed by atoms with Crippen molar-refractivity contribution in [1.82, 2.24) is 0 Å². The lowest BCUT2D eigenvalue weighted by Gasteiger charge is -2.05. The van der Waals surface area contributed by atoms with Crippen molar-refractivity contribution in [3.8, 4) is 5.75 Å². The van der Waals surface area contributed by atoms with Crippen molar-refractivity contribution in [2.75, 3.05) is 6.61 Å².